The van der Waals surface area contributed by atoms with Crippen molar-refractivity contribution in [2.24, 2.45) is 0 Å². The Morgan fingerprint density at radius 1 is 1.60 bits per heavy atom. The third kappa shape index (κ3) is 3.49. The van der Waals surface area contributed by atoms with Crippen molar-refractivity contribution in [3.05, 3.63) is 12.1 Å². The maximum atomic E-state index is 11.3. The number of rotatable bonds is 5. The molecule has 5 N–H and O–H groups in total. The maximum absolute atomic E-state index is 11.3. The number of carbonyl (C=O) groups excluding carboxylic acids is 1. The summed E-state index contributed by atoms with van der Waals surface area (Å²) >= 11 is 1.57. The minimum absolute atomic E-state index is 0.00164. The lowest BCUT2D eigenvalue weighted by Gasteiger charge is -2.25. The minimum atomic E-state index is -0.832. The van der Waals surface area contributed by atoms with E-state index in [1.807, 2.05) is 6.26 Å². The third-order valence-electron chi connectivity index (χ3n) is 2.90. The Morgan fingerprint density at radius 3 is 3.05 bits per heavy atom. The Morgan fingerprint density at radius 2 is 2.35 bits per heavy atom. The molecule has 1 atom stereocenters. The van der Waals surface area contributed by atoms with E-state index in [-0.39, 0.29) is 12.5 Å². The Bertz CT molecular complexity index is 520. The van der Waals surface area contributed by atoms with Gasteiger partial charge in [0.05, 0.1) is 22.7 Å². The number of anilines is 3. The van der Waals surface area contributed by atoms with E-state index in [0.29, 0.717) is 35.1 Å². The van der Waals surface area contributed by atoms with Crippen molar-refractivity contribution in [1.29, 1.82) is 0 Å². The molecule has 1 unspecified atom stereocenters. The van der Waals surface area contributed by atoms with Crippen LogP contribution >= 0.6 is 11.8 Å². The van der Waals surface area contributed by atoms with Gasteiger partial charge in [0.2, 0.25) is 0 Å². The van der Waals surface area contributed by atoms with Gasteiger partial charge in [-0.25, -0.2) is 0 Å². The van der Waals surface area contributed by atoms with Crippen LogP contribution in [0.4, 0.5) is 17.1 Å². The molecule has 0 aliphatic carbocycles. The van der Waals surface area contributed by atoms with Crippen LogP contribution in [-0.2, 0) is 4.79 Å². The lowest BCUT2D eigenvalue weighted by atomic mass is 10.1. The van der Waals surface area contributed by atoms with Gasteiger partial charge in [-0.05, 0) is 19.2 Å². The first-order valence-corrected chi connectivity index (χ1v) is 7.62. The fourth-order valence-corrected chi connectivity index (χ4v) is 2.67. The number of nitrogens with one attached hydrogen (secondary N) is 2. The number of amides is 1. The van der Waals surface area contributed by atoms with Crippen LogP contribution in [0.15, 0.2) is 12.1 Å². The van der Waals surface area contributed by atoms with Crippen molar-refractivity contribution >= 4 is 34.7 Å². The molecule has 0 aromatic heterocycles. The van der Waals surface area contributed by atoms with Crippen molar-refractivity contribution in [1.82, 2.24) is 0 Å². The Hall–Kier alpha value is -1.60. The average molecular weight is 297 g/mol. The fourth-order valence-electron chi connectivity index (χ4n) is 1.94. The number of ether oxygens (including phenoxy) is 1. The zero-order chi connectivity index (χ0) is 14.8. The number of thioether (sulfide) groups is 1. The molecule has 0 bridgehead atoms. The van der Waals surface area contributed by atoms with E-state index in [0.717, 1.165) is 0 Å². The highest BCUT2D eigenvalue weighted by Crippen LogP contribution is 2.35. The van der Waals surface area contributed by atoms with Gasteiger partial charge < -0.3 is 26.2 Å². The van der Waals surface area contributed by atoms with Crippen molar-refractivity contribution in [3.63, 3.8) is 0 Å². The minimum Gasteiger partial charge on any atom is -0.482 e. The number of carbonyl (C=O) groups is 1. The molecule has 1 aromatic carbocycles. The highest BCUT2D eigenvalue weighted by Gasteiger charge is 2.21. The highest BCUT2D eigenvalue weighted by molar-refractivity contribution is 7.98. The summed E-state index contributed by atoms with van der Waals surface area (Å²) in [5.74, 6) is 0.983. The molecule has 0 spiro atoms. The second-order valence-electron chi connectivity index (χ2n) is 5.06. The summed E-state index contributed by atoms with van der Waals surface area (Å²) in [6.07, 6.45) is 1.94. The van der Waals surface area contributed by atoms with Crippen LogP contribution in [0.25, 0.3) is 0 Å². The van der Waals surface area contributed by atoms with Crippen LogP contribution in [0, 0.1) is 0 Å². The van der Waals surface area contributed by atoms with Crippen LogP contribution in [0.3, 0.4) is 0 Å². The first kappa shape index (κ1) is 14.8. The Labute approximate surface area is 122 Å². The van der Waals surface area contributed by atoms with Gasteiger partial charge in [0.1, 0.15) is 5.75 Å². The molecule has 0 fully saturated rings. The highest BCUT2D eigenvalue weighted by atomic mass is 32.2. The van der Waals surface area contributed by atoms with Crippen LogP contribution in [-0.4, -0.2) is 41.8 Å². The fraction of sp³-hybridized carbons (Fsp3) is 0.462. The van der Waals surface area contributed by atoms with E-state index >= 15 is 0 Å². The van der Waals surface area contributed by atoms with Gasteiger partial charge in [-0.1, -0.05) is 0 Å². The summed E-state index contributed by atoms with van der Waals surface area (Å²) in [5, 5.41) is 16.0. The van der Waals surface area contributed by atoms with Gasteiger partial charge in [-0.2, -0.15) is 11.8 Å². The molecule has 110 valence electrons. The summed E-state index contributed by atoms with van der Waals surface area (Å²) in [6.45, 7) is 2.13. The standard InChI is InChI=1S/C13H19N3O3S/c1-13(18,7-20-2)6-15-9-4-10-11(3-8(9)14)19-5-12(17)16-10/h3-4,15,18H,5-7,14H2,1-2H3,(H,16,17). The van der Waals surface area contributed by atoms with Crippen molar-refractivity contribution in [3.8, 4) is 5.75 Å². The number of aliphatic hydroxyl groups is 1. The quantitative estimate of drug-likeness (QED) is 0.608. The molecule has 1 aliphatic rings. The normalized spacial score (nSPS) is 16.6. The van der Waals surface area contributed by atoms with Gasteiger partial charge in [0, 0.05) is 18.4 Å². The van der Waals surface area contributed by atoms with E-state index in [4.69, 9.17) is 10.5 Å². The molecule has 7 heteroatoms. The first-order valence-electron chi connectivity index (χ1n) is 6.23. The summed E-state index contributed by atoms with van der Waals surface area (Å²) < 4.78 is 5.28. The van der Waals surface area contributed by atoms with E-state index in [1.54, 1.807) is 30.8 Å². The monoisotopic (exact) mass is 297 g/mol. The van der Waals surface area contributed by atoms with E-state index in [9.17, 15) is 9.90 Å². The maximum Gasteiger partial charge on any atom is 0.262 e. The molecule has 0 saturated heterocycles. The van der Waals surface area contributed by atoms with Gasteiger partial charge in [0.25, 0.3) is 5.91 Å². The van der Waals surface area contributed by atoms with E-state index < -0.39 is 5.60 Å². The summed E-state index contributed by atoms with van der Waals surface area (Å²) in [6, 6.07) is 3.39. The molecule has 1 aromatic rings. The van der Waals surface area contributed by atoms with Crippen LogP contribution in [0.5, 0.6) is 5.75 Å². The van der Waals surface area contributed by atoms with Crippen LogP contribution in [0.1, 0.15) is 6.92 Å². The second-order valence-corrected chi connectivity index (χ2v) is 5.92. The zero-order valence-electron chi connectivity index (χ0n) is 11.5. The van der Waals surface area contributed by atoms with Gasteiger partial charge in [-0.15, -0.1) is 0 Å². The number of hydrogen-bond acceptors (Lipinski definition) is 6. The van der Waals surface area contributed by atoms with Gasteiger partial charge in [0.15, 0.2) is 6.61 Å². The number of benzene rings is 1. The topological polar surface area (TPSA) is 96.6 Å². The number of hydrogen-bond donors (Lipinski definition) is 4. The van der Waals surface area contributed by atoms with Crippen molar-refractivity contribution in [2.45, 2.75) is 12.5 Å². The van der Waals surface area contributed by atoms with Gasteiger partial charge in [-0.3, -0.25) is 4.79 Å². The summed E-state index contributed by atoms with van der Waals surface area (Å²) in [5.41, 5.74) is 6.87. The number of fused-ring (bicyclic) bond motifs is 1. The molecule has 1 heterocycles. The molecular weight excluding hydrogens is 278 g/mol. The number of nitrogens with two attached hydrogens (primary N) is 1. The molecule has 1 amide bonds. The van der Waals surface area contributed by atoms with E-state index in [2.05, 4.69) is 10.6 Å². The second kappa shape index (κ2) is 5.80. The van der Waals surface area contributed by atoms with E-state index in [1.165, 1.54) is 0 Å². The molecule has 0 saturated carbocycles. The largest absolute Gasteiger partial charge is 0.482 e. The van der Waals surface area contributed by atoms with Crippen molar-refractivity contribution in [2.75, 3.05) is 41.5 Å². The Kier molecular flexibility index (Phi) is 4.29. The van der Waals surface area contributed by atoms with Gasteiger partial charge >= 0.3 is 0 Å². The predicted molar refractivity (Wildman–Crippen MR) is 82.5 cm³/mol. The lowest BCUT2D eigenvalue weighted by molar-refractivity contribution is -0.118. The summed E-state index contributed by atoms with van der Waals surface area (Å²) in [4.78, 5) is 11.3. The van der Waals surface area contributed by atoms with Crippen molar-refractivity contribution < 1.29 is 14.6 Å². The average Bonchev–Trinajstić information content (AvgIpc) is 2.37. The molecule has 6 nitrogen and oxygen atoms in total. The number of nitrogen functional groups attached to an aromatic ring is 1. The SMILES string of the molecule is CSCC(C)(O)CNc1cc2c(cc1N)OCC(=O)N2. The molecule has 0 radical (unpaired) electrons. The first-order chi connectivity index (χ1) is 9.41. The Balaban J connectivity index is 2.12. The zero-order valence-corrected chi connectivity index (χ0v) is 12.3. The molecule has 2 rings (SSSR count). The molecule has 20 heavy (non-hydrogen) atoms. The van der Waals surface area contributed by atoms with Crippen LogP contribution in [0.2, 0.25) is 0 Å². The predicted octanol–water partition coefficient (Wildman–Crippen LogP) is 1.13. The molecule has 1 aliphatic heterocycles. The smallest absolute Gasteiger partial charge is 0.262 e. The molecular formula is C13H19N3O3S. The van der Waals surface area contributed by atoms with Crippen LogP contribution < -0.4 is 21.1 Å². The third-order valence-corrected chi connectivity index (χ3v) is 3.81. The summed E-state index contributed by atoms with van der Waals surface area (Å²) in [7, 11) is 0. The lowest BCUT2D eigenvalue weighted by Crippen LogP contribution is -2.36.